The van der Waals surface area contributed by atoms with E-state index < -0.39 is 0 Å². The normalized spacial score (nSPS) is 11.0. The van der Waals surface area contributed by atoms with Crippen LogP contribution >= 0.6 is 12.2 Å². The SMILES string of the molecule is COCCCNC(=S)NC(=O)c1ccc(C(C)(C)C)cc1. The second-order valence-electron chi connectivity index (χ2n) is 5.88. The van der Waals surface area contributed by atoms with Crippen molar-refractivity contribution in [1.82, 2.24) is 10.6 Å². The molecule has 2 N–H and O–H groups in total. The third-order valence-electron chi connectivity index (χ3n) is 3.05. The van der Waals surface area contributed by atoms with Crippen LogP contribution in [0.2, 0.25) is 0 Å². The summed E-state index contributed by atoms with van der Waals surface area (Å²) in [7, 11) is 1.65. The van der Waals surface area contributed by atoms with E-state index in [0.717, 1.165) is 6.42 Å². The predicted octanol–water partition coefficient (Wildman–Crippen LogP) is 2.62. The molecule has 1 aromatic carbocycles. The van der Waals surface area contributed by atoms with Crippen LogP contribution in [0.15, 0.2) is 24.3 Å². The summed E-state index contributed by atoms with van der Waals surface area (Å²) < 4.78 is 4.94. The molecular formula is C16H24N2O2S. The number of hydrogen-bond acceptors (Lipinski definition) is 3. The zero-order chi connectivity index (χ0) is 15.9. The van der Waals surface area contributed by atoms with Crippen molar-refractivity contribution in [2.45, 2.75) is 32.6 Å². The maximum atomic E-state index is 12.0. The summed E-state index contributed by atoms with van der Waals surface area (Å²) >= 11 is 5.08. The maximum absolute atomic E-state index is 12.0. The zero-order valence-corrected chi connectivity index (χ0v) is 14.0. The summed E-state index contributed by atoms with van der Waals surface area (Å²) in [5.74, 6) is -0.195. The van der Waals surface area contributed by atoms with Crippen molar-refractivity contribution in [3.05, 3.63) is 35.4 Å². The first kappa shape index (κ1) is 17.6. The molecule has 0 aliphatic carbocycles. The van der Waals surface area contributed by atoms with E-state index in [1.54, 1.807) is 7.11 Å². The Morgan fingerprint density at radius 2 is 1.86 bits per heavy atom. The number of amides is 1. The summed E-state index contributed by atoms with van der Waals surface area (Å²) in [4.78, 5) is 12.0. The molecule has 5 heteroatoms. The summed E-state index contributed by atoms with van der Waals surface area (Å²) in [6.45, 7) is 7.76. The van der Waals surface area contributed by atoms with Gasteiger partial charge in [-0.25, -0.2) is 0 Å². The lowest BCUT2D eigenvalue weighted by molar-refractivity contribution is 0.0976. The predicted molar refractivity (Wildman–Crippen MR) is 89.7 cm³/mol. The fraction of sp³-hybridized carbons (Fsp3) is 0.500. The molecule has 0 heterocycles. The van der Waals surface area contributed by atoms with Crippen LogP contribution in [0.3, 0.4) is 0 Å². The Bertz CT molecular complexity index is 478. The van der Waals surface area contributed by atoms with Crippen molar-refractivity contribution < 1.29 is 9.53 Å². The molecule has 1 rings (SSSR count). The van der Waals surface area contributed by atoms with Crippen LogP contribution in [0, 0.1) is 0 Å². The number of thiocarbonyl (C=S) groups is 1. The van der Waals surface area contributed by atoms with Gasteiger partial charge in [0.2, 0.25) is 0 Å². The highest BCUT2D eigenvalue weighted by Gasteiger charge is 2.14. The van der Waals surface area contributed by atoms with Crippen LogP contribution < -0.4 is 10.6 Å². The summed E-state index contributed by atoms with van der Waals surface area (Å²) in [5.41, 5.74) is 1.87. The van der Waals surface area contributed by atoms with Gasteiger partial charge in [-0.15, -0.1) is 0 Å². The van der Waals surface area contributed by atoms with Crippen LogP contribution in [0.25, 0.3) is 0 Å². The van der Waals surface area contributed by atoms with Crippen LogP contribution in [0.4, 0.5) is 0 Å². The minimum Gasteiger partial charge on any atom is -0.385 e. The lowest BCUT2D eigenvalue weighted by atomic mass is 9.87. The molecular weight excluding hydrogens is 284 g/mol. The number of methoxy groups -OCH3 is 1. The molecule has 0 fully saturated rings. The van der Waals surface area contributed by atoms with E-state index in [-0.39, 0.29) is 11.3 Å². The highest BCUT2D eigenvalue weighted by molar-refractivity contribution is 7.80. The molecule has 1 aromatic rings. The molecule has 0 aliphatic heterocycles. The zero-order valence-electron chi connectivity index (χ0n) is 13.2. The Morgan fingerprint density at radius 3 is 2.38 bits per heavy atom. The number of nitrogens with one attached hydrogen (secondary N) is 2. The van der Waals surface area contributed by atoms with Crippen molar-refractivity contribution in [2.75, 3.05) is 20.3 Å². The van der Waals surface area contributed by atoms with Crippen LogP contribution in [-0.4, -0.2) is 31.3 Å². The van der Waals surface area contributed by atoms with E-state index >= 15 is 0 Å². The van der Waals surface area contributed by atoms with Crippen LogP contribution in [-0.2, 0) is 10.2 Å². The molecule has 4 nitrogen and oxygen atoms in total. The van der Waals surface area contributed by atoms with Gasteiger partial charge in [-0.05, 0) is 41.7 Å². The third kappa shape index (κ3) is 6.23. The van der Waals surface area contributed by atoms with E-state index in [9.17, 15) is 4.79 Å². The van der Waals surface area contributed by atoms with Gasteiger partial charge in [0.1, 0.15) is 0 Å². The molecule has 0 bridgehead atoms. The summed E-state index contributed by atoms with van der Waals surface area (Å²) in [6, 6.07) is 7.60. The Labute approximate surface area is 132 Å². The van der Waals surface area contributed by atoms with Crippen molar-refractivity contribution >= 4 is 23.2 Å². The number of benzene rings is 1. The maximum Gasteiger partial charge on any atom is 0.257 e. The smallest absolute Gasteiger partial charge is 0.257 e. The largest absolute Gasteiger partial charge is 0.385 e. The lowest BCUT2D eigenvalue weighted by Crippen LogP contribution is -2.39. The number of carbonyl (C=O) groups is 1. The fourth-order valence-electron chi connectivity index (χ4n) is 1.76. The van der Waals surface area contributed by atoms with E-state index in [0.29, 0.717) is 23.8 Å². The van der Waals surface area contributed by atoms with Gasteiger partial charge in [0.15, 0.2) is 5.11 Å². The second kappa shape index (κ2) is 8.10. The monoisotopic (exact) mass is 308 g/mol. The first-order valence-corrected chi connectivity index (χ1v) is 7.44. The minimum absolute atomic E-state index is 0.0766. The van der Waals surface area contributed by atoms with Gasteiger partial charge in [-0.2, -0.15) is 0 Å². The average molecular weight is 308 g/mol. The topological polar surface area (TPSA) is 50.4 Å². The molecule has 0 aliphatic rings. The molecule has 0 radical (unpaired) electrons. The molecule has 0 atom stereocenters. The Kier molecular flexibility index (Phi) is 6.78. The second-order valence-corrected chi connectivity index (χ2v) is 6.29. The third-order valence-corrected chi connectivity index (χ3v) is 3.30. The van der Waals surface area contributed by atoms with E-state index in [1.165, 1.54) is 5.56 Å². The van der Waals surface area contributed by atoms with Gasteiger partial charge >= 0.3 is 0 Å². The number of hydrogen-bond donors (Lipinski definition) is 2. The first-order chi connectivity index (χ1) is 9.84. The van der Waals surface area contributed by atoms with Gasteiger partial charge in [-0.3, -0.25) is 10.1 Å². The van der Waals surface area contributed by atoms with Crippen LogP contribution in [0.1, 0.15) is 43.1 Å². The van der Waals surface area contributed by atoms with E-state index in [1.807, 2.05) is 24.3 Å². The molecule has 21 heavy (non-hydrogen) atoms. The highest BCUT2D eigenvalue weighted by atomic mass is 32.1. The lowest BCUT2D eigenvalue weighted by Gasteiger charge is -2.19. The molecule has 0 aromatic heterocycles. The minimum atomic E-state index is -0.195. The molecule has 0 unspecified atom stereocenters. The van der Waals surface area contributed by atoms with Gasteiger partial charge in [-0.1, -0.05) is 32.9 Å². The fourth-order valence-corrected chi connectivity index (χ4v) is 1.95. The standard InChI is InChI=1S/C16H24N2O2S/c1-16(2,3)13-8-6-12(7-9-13)14(19)18-15(21)17-10-5-11-20-4/h6-9H,5,10-11H2,1-4H3,(H2,17,18,19,21). The van der Waals surface area contributed by atoms with Gasteiger partial charge in [0.05, 0.1) is 0 Å². The molecule has 0 saturated heterocycles. The highest BCUT2D eigenvalue weighted by Crippen LogP contribution is 2.22. The van der Waals surface area contributed by atoms with Crippen LogP contribution in [0.5, 0.6) is 0 Å². The molecule has 0 saturated carbocycles. The van der Waals surface area contributed by atoms with Gasteiger partial charge < -0.3 is 10.1 Å². The van der Waals surface area contributed by atoms with Crippen molar-refractivity contribution in [3.63, 3.8) is 0 Å². The summed E-state index contributed by atoms with van der Waals surface area (Å²) in [6.07, 6.45) is 0.840. The Hall–Kier alpha value is -1.46. The summed E-state index contributed by atoms with van der Waals surface area (Å²) in [5, 5.41) is 5.99. The number of carbonyl (C=O) groups excluding carboxylic acids is 1. The Balaban J connectivity index is 2.50. The molecule has 1 amide bonds. The molecule has 116 valence electrons. The Morgan fingerprint density at radius 1 is 1.24 bits per heavy atom. The van der Waals surface area contributed by atoms with Crippen molar-refractivity contribution in [1.29, 1.82) is 0 Å². The van der Waals surface area contributed by atoms with Crippen molar-refractivity contribution in [3.8, 4) is 0 Å². The quantitative estimate of drug-likeness (QED) is 0.648. The van der Waals surface area contributed by atoms with Crippen molar-refractivity contribution in [2.24, 2.45) is 0 Å². The van der Waals surface area contributed by atoms with E-state index in [4.69, 9.17) is 17.0 Å². The van der Waals surface area contributed by atoms with E-state index in [2.05, 4.69) is 31.4 Å². The first-order valence-electron chi connectivity index (χ1n) is 7.03. The molecule has 0 spiro atoms. The number of rotatable bonds is 5. The average Bonchev–Trinajstić information content (AvgIpc) is 2.43. The van der Waals surface area contributed by atoms with Gasteiger partial charge in [0, 0.05) is 25.8 Å². The number of ether oxygens (including phenoxy) is 1. The van der Waals surface area contributed by atoms with Gasteiger partial charge in [0.25, 0.3) is 5.91 Å².